The Kier molecular flexibility index (Phi) is 11.4. The lowest BCUT2D eigenvalue weighted by atomic mass is 10.1. The summed E-state index contributed by atoms with van der Waals surface area (Å²) in [7, 11) is 0. The Balaban J connectivity index is 2.30. The smallest absolute Gasteiger partial charge is 0.311 e. The van der Waals surface area contributed by atoms with Crippen LogP contribution >= 0.6 is 46.4 Å². The quantitative estimate of drug-likeness (QED) is 0.123. The van der Waals surface area contributed by atoms with Crippen LogP contribution in [0.3, 0.4) is 0 Å². The molecule has 4 nitrogen and oxygen atoms in total. The zero-order chi connectivity index (χ0) is 19.5. The second-order valence-electron chi connectivity index (χ2n) is 5.76. The summed E-state index contributed by atoms with van der Waals surface area (Å²) in [6.45, 7) is 2.53. The van der Waals surface area contributed by atoms with Crippen LogP contribution in [0.2, 0.25) is 20.1 Å². The van der Waals surface area contributed by atoms with Crippen LogP contribution in [-0.2, 0) is 14.3 Å². The Bertz CT molecular complexity index is 620. The number of halogens is 4. The summed E-state index contributed by atoms with van der Waals surface area (Å²) in [6, 6.07) is 1.33. The van der Waals surface area contributed by atoms with Crippen LogP contribution in [-0.4, -0.2) is 18.5 Å². The van der Waals surface area contributed by atoms with E-state index in [2.05, 4.69) is 6.92 Å². The number of rotatable bonds is 11. The molecule has 0 radical (unpaired) electrons. The predicted molar refractivity (Wildman–Crippen MR) is 106 cm³/mol. The lowest BCUT2D eigenvalue weighted by Gasteiger charge is -2.10. The third-order valence-corrected chi connectivity index (χ3v) is 5.11. The molecule has 0 unspecified atom stereocenters. The maximum atomic E-state index is 11.9. The summed E-state index contributed by atoms with van der Waals surface area (Å²) in [5.74, 6) is -1.18. The first-order chi connectivity index (χ1) is 12.4. The first kappa shape index (κ1) is 23.4. The number of carbonyl (C=O) groups is 2. The van der Waals surface area contributed by atoms with E-state index in [0.29, 0.717) is 6.61 Å². The highest BCUT2D eigenvalue weighted by atomic mass is 35.5. The van der Waals surface area contributed by atoms with Gasteiger partial charge in [-0.05, 0) is 12.5 Å². The normalized spacial score (nSPS) is 10.7. The summed E-state index contributed by atoms with van der Waals surface area (Å²) in [6.07, 6.45) is 6.41. The van der Waals surface area contributed by atoms with Gasteiger partial charge in [-0.1, -0.05) is 85.4 Å². The van der Waals surface area contributed by atoms with E-state index in [4.69, 9.17) is 55.9 Å². The van der Waals surface area contributed by atoms with Gasteiger partial charge in [-0.3, -0.25) is 9.59 Å². The van der Waals surface area contributed by atoms with Crippen molar-refractivity contribution in [2.24, 2.45) is 0 Å². The van der Waals surface area contributed by atoms with Crippen LogP contribution in [0, 0.1) is 0 Å². The highest BCUT2D eigenvalue weighted by molar-refractivity contribution is 6.50. The fourth-order valence-corrected chi connectivity index (χ4v) is 3.13. The fraction of sp³-hybridized carbons (Fsp3) is 0.556. The summed E-state index contributed by atoms with van der Waals surface area (Å²) >= 11 is 23.6. The maximum absolute atomic E-state index is 11.9. The average molecular weight is 444 g/mol. The Morgan fingerprint density at radius 1 is 0.846 bits per heavy atom. The van der Waals surface area contributed by atoms with Crippen LogP contribution in [0.25, 0.3) is 0 Å². The minimum atomic E-state index is -0.663. The molecule has 8 heteroatoms. The van der Waals surface area contributed by atoms with Crippen LogP contribution < -0.4 is 4.74 Å². The van der Waals surface area contributed by atoms with E-state index in [1.807, 2.05) is 0 Å². The number of carbonyl (C=O) groups excluding carboxylic acids is 2. The van der Waals surface area contributed by atoms with Gasteiger partial charge in [-0.2, -0.15) is 0 Å². The molecule has 26 heavy (non-hydrogen) atoms. The van der Waals surface area contributed by atoms with E-state index in [9.17, 15) is 9.59 Å². The molecule has 0 aliphatic carbocycles. The molecule has 0 aliphatic heterocycles. The molecule has 0 fully saturated rings. The molecular weight excluding hydrogens is 422 g/mol. The third-order valence-electron chi connectivity index (χ3n) is 3.58. The van der Waals surface area contributed by atoms with Crippen molar-refractivity contribution in [2.75, 3.05) is 6.61 Å². The van der Waals surface area contributed by atoms with Crippen molar-refractivity contribution in [3.8, 4) is 5.75 Å². The zero-order valence-electron chi connectivity index (χ0n) is 14.6. The third kappa shape index (κ3) is 8.34. The average Bonchev–Trinajstić information content (AvgIpc) is 2.61. The van der Waals surface area contributed by atoms with Crippen LogP contribution in [0.1, 0.15) is 58.3 Å². The summed E-state index contributed by atoms with van der Waals surface area (Å²) in [5.41, 5.74) is 0. The second kappa shape index (κ2) is 12.7. The number of unbranched alkanes of at least 4 members (excludes halogenated alkanes) is 5. The molecule has 0 atom stereocenters. The van der Waals surface area contributed by atoms with Gasteiger partial charge in [-0.25, -0.2) is 0 Å². The molecule has 0 spiro atoms. The standard InChI is InChI=1S/C18H22Cl4O4/c1-2-3-4-5-6-7-10-25-14(23)8-9-15(24)26-18-13(20)11-12(19)16(21)17(18)22/h11H,2-10H2,1H3. The van der Waals surface area contributed by atoms with Gasteiger partial charge in [0.1, 0.15) is 5.02 Å². The largest absolute Gasteiger partial charge is 0.466 e. The SMILES string of the molecule is CCCCCCCCOC(=O)CCC(=O)Oc1c(Cl)cc(Cl)c(Cl)c1Cl. The van der Waals surface area contributed by atoms with E-state index in [1.54, 1.807) is 0 Å². The van der Waals surface area contributed by atoms with Crippen molar-refractivity contribution in [3.63, 3.8) is 0 Å². The van der Waals surface area contributed by atoms with Gasteiger partial charge in [-0.15, -0.1) is 0 Å². The van der Waals surface area contributed by atoms with Gasteiger partial charge < -0.3 is 9.47 Å². The fourth-order valence-electron chi connectivity index (χ4n) is 2.15. The van der Waals surface area contributed by atoms with Crippen molar-refractivity contribution >= 4 is 58.3 Å². The van der Waals surface area contributed by atoms with Gasteiger partial charge in [0, 0.05) is 0 Å². The molecule has 1 aromatic carbocycles. The van der Waals surface area contributed by atoms with E-state index >= 15 is 0 Å². The van der Waals surface area contributed by atoms with Gasteiger partial charge in [0.15, 0.2) is 5.75 Å². The summed E-state index contributed by atoms with van der Waals surface area (Å²) in [4.78, 5) is 23.5. The molecule has 0 bridgehead atoms. The zero-order valence-corrected chi connectivity index (χ0v) is 17.6. The highest BCUT2D eigenvalue weighted by Gasteiger charge is 2.18. The molecule has 0 saturated heterocycles. The Morgan fingerprint density at radius 2 is 1.46 bits per heavy atom. The molecule has 1 rings (SSSR count). The first-order valence-electron chi connectivity index (χ1n) is 8.56. The van der Waals surface area contributed by atoms with Crippen LogP contribution in [0.5, 0.6) is 5.75 Å². The highest BCUT2D eigenvalue weighted by Crippen LogP contribution is 2.42. The molecule has 0 heterocycles. The Labute approximate surface area is 174 Å². The lowest BCUT2D eigenvalue weighted by molar-refractivity contribution is -0.147. The van der Waals surface area contributed by atoms with E-state index in [1.165, 1.54) is 25.3 Å². The van der Waals surface area contributed by atoms with Crippen molar-refractivity contribution < 1.29 is 19.1 Å². The number of ether oxygens (including phenoxy) is 2. The van der Waals surface area contributed by atoms with E-state index in [-0.39, 0.29) is 38.7 Å². The number of esters is 2. The molecule has 146 valence electrons. The molecule has 0 saturated carbocycles. The first-order valence-corrected chi connectivity index (χ1v) is 10.1. The minimum absolute atomic E-state index is 0.0406. The minimum Gasteiger partial charge on any atom is -0.466 e. The van der Waals surface area contributed by atoms with Crippen molar-refractivity contribution in [1.82, 2.24) is 0 Å². The van der Waals surface area contributed by atoms with Crippen LogP contribution in [0.15, 0.2) is 6.07 Å². The van der Waals surface area contributed by atoms with Gasteiger partial charge in [0.05, 0.1) is 34.5 Å². The van der Waals surface area contributed by atoms with Crippen molar-refractivity contribution in [3.05, 3.63) is 26.2 Å². The van der Waals surface area contributed by atoms with Gasteiger partial charge >= 0.3 is 11.9 Å². The topological polar surface area (TPSA) is 52.6 Å². The van der Waals surface area contributed by atoms with Gasteiger partial charge in [0.25, 0.3) is 0 Å². The van der Waals surface area contributed by atoms with Crippen molar-refractivity contribution in [2.45, 2.75) is 58.3 Å². The molecular formula is C18H22Cl4O4. The van der Waals surface area contributed by atoms with Gasteiger partial charge in [0.2, 0.25) is 0 Å². The van der Waals surface area contributed by atoms with Crippen LogP contribution in [0.4, 0.5) is 0 Å². The second-order valence-corrected chi connectivity index (χ2v) is 7.33. The molecule has 0 N–H and O–H groups in total. The predicted octanol–water partition coefficient (Wildman–Crippen LogP) is 6.89. The number of hydrogen-bond acceptors (Lipinski definition) is 4. The molecule has 0 aliphatic rings. The maximum Gasteiger partial charge on any atom is 0.311 e. The summed E-state index contributed by atoms with van der Waals surface area (Å²) < 4.78 is 10.2. The lowest BCUT2D eigenvalue weighted by Crippen LogP contribution is -2.13. The Hall–Kier alpha value is -0.680. The summed E-state index contributed by atoms with van der Waals surface area (Å²) in [5, 5.41) is 0.199. The molecule has 1 aromatic rings. The molecule has 0 aromatic heterocycles. The molecule has 0 amide bonds. The monoisotopic (exact) mass is 442 g/mol. The Morgan fingerprint density at radius 3 is 2.15 bits per heavy atom. The van der Waals surface area contributed by atoms with Crippen molar-refractivity contribution in [1.29, 1.82) is 0 Å². The number of benzene rings is 1. The van der Waals surface area contributed by atoms with E-state index in [0.717, 1.165) is 19.3 Å². The number of hydrogen-bond donors (Lipinski definition) is 0. The van der Waals surface area contributed by atoms with E-state index < -0.39 is 11.9 Å².